The number of ether oxygens (including phenoxy) is 2. The summed E-state index contributed by atoms with van der Waals surface area (Å²) in [5.74, 6) is -0.300. The van der Waals surface area contributed by atoms with Gasteiger partial charge in [-0.15, -0.1) is 0 Å². The minimum atomic E-state index is -0.821. The molecule has 0 saturated heterocycles. The zero-order valence-electron chi connectivity index (χ0n) is 19.4. The van der Waals surface area contributed by atoms with E-state index in [1.807, 2.05) is 33.8 Å². The first-order valence-electron chi connectivity index (χ1n) is 10.5. The number of methoxy groups -OCH3 is 2. The Balaban J connectivity index is 3.23. The van der Waals surface area contributed by atoms with Crippen LogP contribution in [0.1, 0.15) is 53.4 Å². The third kappa shape index (κ3) is 7.86. The van der Waals surface area contributed by atoms with Crippen molar-refractivity contribution >= 4 is 18.1 Å². The van der Waals surface area contributed by atoms with E-state index >= 15 is 0 Å². The molecule has 2 atom stereocenters. The summed E-state index contributed by atoms with van der Waals surface area (Å²) < 4.78 is 10.7. The minimum absolute atomic E-state index is 0.130. The van der Waals surface area contributed by atoms with Gasteiger partial charge in [-0.25, -0.2) is 5.06 Å². The van der Waals surface area contributed by atoms with Crippen molar-refractivity contribution in [2.75, 3.05) is 20.8 Å². The summed E-state index contributed by atoms with van der Waals surface area (Å²) in [5, 5.41) is 12.9. The molecule has 31 heavy (non-hydrogen) atoms. The van der Waals surface area contributed by atoms with Crippen LogP contribution in [0.3, 0.4) is 0 Å². The number of amides is 2. The highest BCUT2D eigenvalue weighted by Gasteiger charge is 2.37. The summed E-state index contributed by atoms with van der Waals surface area (Å²) in [6.07, 6.45) is 7.95. The van der Waals surface area contributed by atoms with E-state index in [-0.39, 0.29) is 24.6 Å². The van der Waals surface area contributed by atoms with Crippen LogP contribution in [0.5, 0.6) is 0 Å². The second-order valence-corrected chi connectivity index (χ2v) is 8.64. The van der Waals surface area contributed by atoms with Crippen molar-refractivity contribution in [2.45, 2.75) is 59.4 Å². The summed E-state index contributed by atoms with van der Waals surface area (Å²) in [6.45, 7) is 7.48. The predicted octanol–water partition coefficient (Wildman–Crippen LogP) is 3.13. The van der Waals surface area contributed by atoms with E-state index in [0.717, 1.165) is 12.8 Å². The van der Waals surface area contributed by atoms with Crippen LogP contribution < -0.4 is 5.32 Å². The highest BCUT2D eigenvalue weighted by molar-refractivity contribution is 6.03. The van der Waals surface area contributed by atoms with Gasteiger partial charge in [-0.05, 0) is 24.3 Å². The van der Waals surface area contributed by atoms with Gasteiger partial charge >= 0.3 is 0 Å². The van der Waals surface area contributed by atoms with Crippen molar-refractivity contribution in [3.63, 3.8) is 0 Å². The summed E-state index contributed by atoms with van der Waals surface area (Å²) in [6, 6.07) is -0.821. The molecule has 0 aromatic carbocycles. The lowest BCUT2D eigenvalue weighted by molar-refractivity contribution is -0.155. The fourth-order valence-corrected chi connectivity index (χ4v) is 3.32. The number of hydroxylamine groups is 2. The normalized spacial score (nSPS) is 16.0. The molecule has 0 aromatic heterocycles. The molecule has 0 bridgehead atoms. The lowest BCUT2D eigenvalue weighted by Crippen LogP contribution is -2.52. The SMILES string of the molecule is CCCCC(CN(O)C=O)C(=O)NC(C(=O)C1=C(OC)C=C(OC)C=CC1)C(C)(C)C. The lowest BCUT2D eigenvalue weighted by Gasteiger charge is -2.32. The second kappa shape index (κ2) is 12.3. The molecule has 8 heteroatoms. The van der Waals surface area contributed by atoms with Gasteiger partial charge in [0.05, 0.1) is 32.7 Å². The molecular weight excluding hydrogens is 400 g/mol. The maximum Gasteiger partial charge on any atom is 0.233 e. The smallest absolute Gasteiger partial charge is 0.233 e. The molecule has 1 aliphatic rings. The maximum absolute atomic E-state index is 13.5. The second-order valence-electron chi connectivity index (χ2n) is 8.64. The largest absolute Gasteiger partial charge is 0.497 e. The summed E-state index contributed by atoms with van der Waals surface area (Å²) in [5.41, 5.74) is -0.144. The van der Waals surface area contributed by atoms with E-state index in [0.29, 0.717) is 35.0 Å². The predicted molar refractivity (Wildman–Crippen MR) is 117 cm³/mol. The molecule has 8 nitrogen and oxygen atoms in total. The third-order valence-electron chi connectivity index (χ3n) is 5.15. The number of Topliss-reactive ketones (excluding diaryl/α,β-unsaturated/α-hetero) is 1. The van der Waals surface area contributed by atoms with E-state index in [2.05, 4.69) is 5.32 Å². The first-order valence-corrected chi connectivity index (χ1v) is 10.5. The topological polar surface area (TPSA) is 105 Å². The molecule has 0 fully saturated rings. The van der Waals surface area contributed by atoms with Crippen LogP contribution in [0.2, 0.25) is 0 Å². The number of unbranched alkanes of at least 4 members (excludes halogenated alkanes) is 1. The van der Waals surface area contributed by atoms with Gasteiger partial charge in [-0.3, -0.25) is 19.6 Å². The summed E-state index contributed by atoms with van der Waals surface area (Å²) >= 11 is 0. The van der Waals surface area contributed by atoms with Gasteiger partial charge < -0.3 is 14.8 Å². The van der Waals surface area contributed by atoms with Crippen LogP contribution in [-0.2, 0) is 23.9 Å². The van der Waals surface area contributed by atoms with E-state index in [1.165, 1.54) is 14.2 Å². The van der Waals surface area contributed by atoms with Crippen LogP contribution in [0, 0.1) is 11.3 Å². The Labute approximate surface area is 184 Å². The fraction of sp³-hybridized carbons (Fsp3) is 0.609. The molecule has 0 radical (unpaired) electrons. The van der Waals surface area contributed by atoms with Gasteiger partial charge in [0.1, 0.15) is 11.5 Å². The molecule has 1 rings (SSSR count). The van der Waals surface area contributed by atoms with E-state index in [1.54, 1.807) is 12.2 Å². The van der Waals surface area contributed by atoms with Gasteiger partial charge in [0.2, 0.25) is 12.3 Å². The molecule has 0 aromatic rings. The van der Waals surface area contributed by atoms with Crippen LogP contribution in [0.15, 0.2) is 35.3 Å². The highest BCUT2D eigenvalue weighted by Crippen LogP contribution is 2.28. The number of hydrogen-bond donors (Lipinski definition) is 2. The summed E-state index contributed by atoms with van der Waals surface area (Å²) in [7, 11) is 3.02. The molecule has 0 aliphatic heterocycles. The zero-order chi connectivity index (χ0) is 23.6. The van der Waals surface area contributed by atoms with Crippen LogP contribution >= 0.6 is 0 Å². The Morgan fingerprint density at radius 3 is 2.48 bits per heavy atom. The average molecular weight is 437 g/mol. The molecular formula is C23H36N2O6. The minimum Gasteiger partial charge on any atom is -0.497 e. The van der Waals surface area contributed by atoms with Crippen molar-refractivity contribution in [3.8, 4) is 0 Å². The van der Waals surface area contributed by atoms with Crippen molar-refractivity contribution in [1.82, 2.24) is 10.4 Å². The molecule has 2 N–H and O–H groups in total. The Hall–Kier alpha value is -2.61. The molecule has 0 spiro atoms. The van der Waals surface area contributed by atoms with E-state index < -0.39 is 17.4 Å². The van der Waals surface area contributed by atoms with Crippen LogP contribution in [0.4, 0.5) is 0 Å². The van der Waals surface area contributed by atoms with Crippen molar-refractivity contribution in [1.29, 1.82) is 0 Å². The van der Waals surface area contributed by atoms with Gasteiger partial charge in [-0.1, -0.05) is 46.6 Å². The standard InChI is InChI=1S/C23H36N2O6/c1-7-8-10-16(14-25(29)15-26)22(28)24-21(23(2,3)4)20(27)18-12-9-11-17(30-5)13-19(18)31-6/h9,11,13,15-16,21,29H,7-8,10,12,14H2,1-6H3,(H,24,28). The van der Waals surface area contributed by atoms with Gasteiger partial charge in [-0.2, -0.15) is 0 Å². The number of hydrogen-bond acceptors (Lipinski definition) is 6. The number of rotatable bonds is 12. The molecule has 2 amide bonds. The lowest BCUT2D eigenvalue weighted by atomic mass is 9.80. The number of ketones is 1. The molecule has 1 aliphatic carbocycles. The number of nitrogens with one attached hydrogen (secondary N) is 1. The Bertz CT molecular complexity index is 733. The number of carbonyl (C=O) groups is 3. The molecule has 2 unspecified atom stereocenters. The van der Waals surface area contributed by atoms with E-state index in [9.17, 15) is 19.6 Å². The molecule has 0 saturated carbocycles. The Morgan fingerprint density at radius 2 is 1.97 bits per heavy atom. The number of carbonyl (C=O) groups excluding carboxylic acids is 3. The first-order chi connectivity index (χ1) is 14.6. The molecule has 174 valence electrons. The molecule has 0 heterocycles. The zero-order valence-corrected chi connectivity index (χ0v) is 19.4. The third-order valence-corrected chi connectivity index (χ3v) is 5.15. The van der Waals surface area contributed by atoms with Gasteiger partial charge in [0.25, 0.3) is 0 Å². The maximum atomic E-state index is 13.5. The highest BCUT2D eigenvalue weighted by atomic mass is 16.5. The van der Waals surface area contributed by atoms with Crippen LogP contribution in [0.25, 0.3) is 0 Å². The van der Waals surface area contributed by atoms with Crippen LogP contribution in [-0.4, -0.2) is 55.2 Å². The van der Waals surface area contributed by atoms with Gasteiger partial charge in [0.15, 0.2) is 5.78 Å². The average Bonchev–Trinajstić information content (AvgIpc) is 2.95. The monoisotopic (exact) mass is 436 g/mol. The fourth-order valence-electron chi connectivity index (χ4n) is 3.32. The quantitative estimate of drug-likeness (QED) is 0.277. The van der Waals surface area contributed by atoms with E-state index in [4.69, 9.17) is 9.47 Å². The Morgan fingerprint density at radius 1 is 1.29 bits per heavy atom. The van der Waals surface area contributed by atoms with Crippen molar-refractivity contribution in [3.05, 3.63) is 35.3 Å². The number of nitrogens with zero attached hydrogens (tertiary/aromatic N) is 1. The van der Waals surface area contributed by atoms with Gasteiger partial charge in [0, 0.05) is 11.6 Å². The first kappa shape index (κ1) is 26.4. The van der Waals surface area contributed by atoms with Crippen molar-refractivity contribution < 1.29 is 29.1 Å². The summed E-state index contributed by atoms with van der Waals surface area (Å²) in [4.78, 5) is 37.4. The Kier molecular flexibility index (Phi) is 10.5. The van der Waals surface area contributed by atoms with Crippen molar-refractivity contribution in [2.24, 2.45) is 11.3 Å². The number of allylic oxidation sites excluding steroid dienone is 3.